The van der Waals surface area contributed by atoms with Crippen LogP contribution in [-0.4, -0.2) is 31.8 Å². The predicted octanol–water partition coefficient (Wildman–Crippen LogP) is 1.07. The molecule has 5 nitrogen and oxygen atoms in total. The molecule has 1 aromatic rings. The summed E-state index contributed by atoms with van der Waals surface area (Å²) in [7, 11) is 0. The van der Waals surface area contributed by atoms with Crippen molar-refractivity contribution in [1.82, 2.24) is 5.32 Å². The Morgan fingerprint density at radius 2 is 2.05 bits per heavy atom. The number of ether oxygens (including phenoxy) is 2. The van der Waals surface area contributed by atoms with Crippen molar-refractivity contribution in [2.45, 2.75) is 26.4 Å². The van der Waals surface area contributed by atoms with Gasteiger partial charge < -0.3 is 20.5 Å². The van der Waals surface area contributed by atoms with Crippen LogP contribution in [0.15, 0.2) is 24.3 Å². The van der Waals surface area contributed by atoms with Gasteiger partial charge in [0, 0.05) is 19.2 Å². The van der Waals surface area contributed by atoms with Crippen molar-refractivity contribution in [3.8, 4) is 5.75 Å². The van der Waals surface area contributed by atoms with Crippen LogP contribution in [0.1, 0.15) is 19.4 Å². The van der Waals surface area contributed by atoms with E-state index in [0.717, 1.165) is 5.56 Å². The Bertz CT molecular complexity index is 379. The number of benzene rings is 1. The standard InChI is InChI=1S/C14H22N2O3/c1-3-18-9-11(2)16-14(17)10-19-13-6-4-12(8-15)5-7-13/h4-7,11H,3,8-10,15H2,1-2H3,(H,16,17). The lowest BCUT2D eigenvalue weighted by molar-refractivity contribution is -0.124. The van der Waals surface area contributed by atoms with E-state index in [1.807, 2.05) is 26.0 Å². The fourth-order valence-corrected chi connectivity index (χ4v) is 1.52. The van der Waals surface area contributed by atoms with Crippen molar-refractivity contribution in [2.24, 2.45) is 5.73 Å². The number of carbonyl (C=O) groups excluding carboxylic acids is 1. The maximum absolute atomic E-state index is 11.6. The van der Waals surface area contributed by atoms with E-state index in [1.54, 1.807) is 12.1 Å². The number of amides is 1. The van der Waals surface area contributed by atoms with Gasteiger partial charge in [-0.15, -0.1) is 0 Å². The second kappa shape index (κ2) is 8.50. The SMILES string of the molecule is CCOCC(C)NC(=O)COc1ccc(CN)cc1. The van der Waals surface area contributed by atoms with Gasteiger partial charge in [-0.25, -0.2) is 0 Å². The summed E-state index contributed by atoms with van der Waals surface area (Å²) >= 11 is 0. The molecule has 1 aromatic carbocycles. The molecule has 106 valence electrons. The third kappa shape index (κ3) is 6.22. The Morgan fingerprint density at radius 3 is 2.63 bits per heavy atom. The Morgan fingerprint density at radius 1 is 1.37 bits per heavy atom. The first-order valence-electron chi connectivity index (χ1n) is 6.44. The predicted molar refractivity (Wildman–Crippen MR) is 73.9 cm³/mol. The van der Waals surface area contributed by atoms with Crippen LogP contribution >= 0.6 is 0 Å². The van der Waals surface area contributed by atoms with E-state index in [1.165, 1.54) is 0 Å². The number of hydrogen-bond donors (Lipinski definition) is 2. The van der Waals surface area contributed by atoms with Gasteiger partial charge in [-0.2, -0.15) is 0 Å². The lowest BCUT2D eigenvalue weighted by Gasteiger charge is -2.14. The molecule has 0 saturated heterocycles. The summed E-state index contributed by atoms with van der Waals surface area (Å²) in [5.41, 5.74) is 6.53. The first kappa shape index (κ1) is 15.5. The molecular formula is C14H22N2O3. The summed E-state index contributed by atoms with van der Waals surface area (Å²) in [6.45, 7) is 5.46. The molecule has 1 amide bonds. The molecule has 0 aliphatic heterocycles. The average molecular weight is 266 g/mol. The minimum Gasteiger partial charge on any atom is -0.484 e. The van der Waals surface area contributed by atoms with Crippen molar-refractivity contribution < 1.29 is 14.3 Å². The van der Waals surface area contributed by atoms with Crippen LogP contribution in [-0.2, 0) is 16.1 Å². The molecule has 0 aliphatic rings. The third-order valence-electron chi connectivity index (χ3n) is 2.51. The molecule has 0 bridgehead atoms. The maximum atomic E-state index is 11.6. The Labute approximate surface area is 114 Å². The number of nitrogens with one attached hydrogen (secondary N) is 1. The van der Waals surface area contributed by atoms with Gasteiger partial charge >= 0.3 is 0 Å². The first-order valence-corrected chi connectivity index (χ1v) is 6.44. The molecule has 1 atom stereocenters. The number of carbonyl (C=O) groups is 1. The second-order valence-electron chi connectivity index (χ2n) is 4.26. The van der Waals surface area contributed by atoms with Gasteiger partial charge in [0.25, 0.3) is 5.91 Å². The highest BCUT2D eigenvalue weighted by atomic mass is 16.5. The molecule has 0 radical (unpaired) electrons. The van der Waals surface area contributed by atoms with Crippen LogP contribution in [0.5, 0.6) is 5.75 Å². The molecule has 1 unspecified atom stereocenters. The minimum absolute atomic E-state index is 0.00155. The Kier molecular flexibility index (Phi) is 6.92. The smallest absolute Gasteiger partial charge is 0.258 e. The summed E-state index contributed by atoms with van der Waals surface area (Å²) in [5.74, 6) is 0.500. The fourth-order valence-electron chi connectivity index (χ4n) is 1.52. The number of hydrogen-bond acceptors (Lipinski definition) is 4. The van der Waals surface area contributed by atoms with Crippen LogP contribution in [0.2, 0.25) is 0 Å². The number of nitrogens with two attached hydrogens (primary N) is 1. The van der Waals surface area contributed by atoms with Gasteiger partial charge in [0.15, 0.2) is 6.61 Å². The third-order valence-corrected chi connectivity index (χ3v) is 2.51. The van der Waals surface area contributed by atoms with Gasteiger partial charge in [0.2, 0.25) is 0 Å². The average Bonchev–Trinajstić information content (AvgIpc) is 2.43. The molecule has 3 N–H and O–H groups in total. The molecule has 1 rings (SSSR count). The minimum atomic E-state index is -0.157. The van der Waals surface area contributed by atoms with Gasteiger partial charge in [-0.3, -0.25) is 4.79 Å². The van der Waals surface area contributed by atoms with E-state index in [9.17, 15) is 4.79 Å². The van der Waals surface area contributed by atoms with E-state index >= 15 is 0 Å². The van der Waals surface area contributed by atoms with Crippen molar-refractivity contribution in [3.05, 3.63) is 29.8 Å². The highest BCUT2D eigenvalue weighted by Gasteiger charge is 2.07. The fraction of sp³-hybridized carbons (Fsp3) is 0.500. The van der Waals surface area contributed by atoms with E-state index in [2.05, 4.69) is 5.32 Å². The van der Waals surface area contributed by atoms with E-state index in [-0.39, 0.29) is 18.6 Å². The molecule has 0 fully saturated rings. The monoisotopic (exact) mass is 266 g/mol. The molecule has 0 saturated carbocycles. The zero-order valence-electron chi connectivity index (χ0n) is 11.5. The topological polar surface area (TPSA) is 73.6 Å². The molecule has 0 heterocycles. The highest BCUT2D eigenvalue weighted by Crippen LogP contribution is 2.11. The lowest BCUT2D eigenvalue weighted by Crippen LogP contribution is -2.38. The second-order valence-corrected chi connectivity index (χ2v) is 4.26. The molecule has 19 heavy (non-hydrogen) atoms. The van der Waals surface area contributed by atoms with Gasteiger partial charge in [0.1, 0.15) is 5.75 Å². The maximum Gasteiger partial charge on any atom is 0.258 e. The summed E-state index contributed by atoms with van der Waals surface area (Å²) in [4.78, 5) is 11.6. The van der Waals surface area contributed by atoms with Gasteiger partial charge in [-0.1, -0.05) is 12.1 Å². The zero-order chi connectivity index (χ0) is 14.1. The van der Waals surface area contributed by atoms with E-state index < -0.39 is 0 Å². The largest absolute Gasteiger partial charge is 0.484 e. The normalized spacial score (nSPS) is 11.9. The number of rotatable bonds is 8. The van der Waals surface area contributed by atoms with Crippen molar-refractivity contribution in [2.75, 3.05) is 19.8 Å². The van der Waals surface area contributed by atoms with Gasteiger partial charge in [-0.05, 0) is 31.5 Å². The van der Waals surface area contributed by atoms with Crippen LogP contribution in [0.4, 0.5) is 0 Å². The highest BCUT2D eigenvalue weighted by molar-refractivity contribution is 5.77. The van der Waals surface area contributed by atoms with Crippen LogP contribution in [0, 0.1) is 0 Å². The summed E-state index contributed by atoms with van der Waals surface area (Å²) < 4.78 is 10.6. The van der Waals surface area contributed by atoms with E-state index in [4.69, 9.17) is 15.2 Å². The zero-order valence-corrected chi connectivity index (χ0v) is 11.5. The molecule has 0 spiro atoms. The molecule has 0 aromatic heterocycles. The van der Waals surface area contributed by atoms with Crippen LogP contribution < -0.4 is 15.8 Å². The summed E-state index contributed by atoms with van der Waals surface area (Å²) in [6.07, 6.45) is 0. The van der Waals surface area contributed by atoms with Crippen LogP contribution in [0.3, 0.4) is 0 Å². The molecular weight excluding hydrogens is 244 g/mol. The van der Waals surface area contributed by atoms with Crippen LogP contribution in [0.25, 0.3) is 0 Å². The lowest BCUT2D eigenvalue weighted by atomic mass is 10.2. The first-order chi connectivity index (χ1) is 9.15. The van der Waals surface area contributed by atoms with Crippen molar-refractivity contribution in [1.29, 1.82) is 0 Å². The quantitative estimate of drug-likeness (QED) is 0.738. The summed E-state index contributed by atoms with van der Waals surface area (Å²) in [5, 5.41) is 2.80. The summed E-state index contributed by atoms with van der Waals surface area (Å²) in [6, 6.07) is 7.35. The molecule has 5 heteroatoms. The molecule has 0 aliphatic carbocycles. The Balaban J connectivity index is 2.28. The Hall–Kier alpha value is -1.59. The van der Waals surface area contributed by atoms with Crippen molar-refractivity contribution >= 4 is 5.91 Å². The van der Waals surface area contributed by atoms with Crippen molar-refractivity contribution in [3.63, 3.8) is 0 Å². The van der Waals surface area contributed by atoms with Gasteiger partial charge in [0.05, 0.1) is 6.61 Å². The van der Waals surface area contributed by atoms with E-state index in [0.29, 0.717) is 25.5 Å².